The minimum absolute atomic E-state index is 0.0986. The van der Waals surface area contributed by atoms with Gasteiger partial charge < -0.3 is 20.3 Å². The highest BCUT2D eigenvalue weighted by atomic mass is 16.4. The largest absolute Gasteiger partial charge is 0.480 e. The number of nitrogens with one attached hydrogen (secondary N) is 2. The van der Waals surface area contributed by atoms with Gasteiger partial charge in [-0.1, -0.05) is 66.7 Å². The number of carboxylic acid groups (broad SMARTS) is 1. The van der Waals surface area contributed by atoms with E-state index in [1.165, 1.54) is 10.6 Å². The zero-order valence-electron chi connectivity index (χ0n) is 20.0. The van der Waals surface area contributed by atoms with Gasteiger partial charge in [0.15, 0.2) is 0 Å². The first-order chi connectivity index (χ1) is 16.9. The third kappa shape index (κ3) is 6.69. The van der Waals surface area contributed by atoms with E-state index in [1.807, 2.05) is 80.6 Å². The summed E-state index contributed by atoms with van der Waals surface area (Å²) in [6.45, 7) is 4.42. The van der Waals surface area contributed by atoms with Crippen molar-refractivity contribution in [1.29, 1.82) is 0 Å². The molecule has 0 aliphatic rings. The van der Waals surface area contributed by atoms with Gasteiger partial charge in [-0.2, -0.15) is 0 Å². The molecule has 1 heterocycles. The number of amides is 1. The van der Waals surface area contributed by atoms with Crippen molar-refractivity contribution in [3.63, 3.8) is 0 Å². The fourth-order valence-electron chi connectivity index (χ4n) is 3.86. The third-order valence-electron chi connectivity index (χ3n) is 5.84. The predicted octanol–water partition coefficient (Wildman–Crippen LogP) is 3.96. The fraction of sp³-hybridized carbons (Fsp3) is 0.250. The first-order valence-corrected chi connectivity index (χ1v) is 11.6. The van der Waals surface area contributed by atoms with E-state index in [0.717, 1.165) is 16.8 Å². The summed E-state index contributed by atoms with van der Waals surface area (Å²) in [7, 11) is 0. The third-order valence-corrected chi connectivity index (χ3v) is 5.84. The van der Waals surface area contributed by atoms with Crippen LogP contribution in [-0.2, 0) is 4.79 Å². The van der Waals surface area contributed by atoms with E-state index in [-0.39, 0.29) is 12.0 Å². The van der Waals surface area contributed by atoms with Crippen LogP contribution in [0.1, 0.15) is 54.2 Å². The number of allylic oxidation sites excluding steroid dienone is 2. The van der Waals surface area contributed by atoms with Crippen LogP contribution in [0.15, 0.2) is 95.6 Å². The first-order valence-electron chi connectivity index (χ1n) is 11.6. The van der Waals surface area contributed by atoms with Crippen LogP contribution in [0.2, 0.25) is 0 Å². The maximum atomic E-state index is 13.5. The molecule has 3 N–H and O–H groups in total. The number of pyridine rings is 1. The number of hydrogen-bond acceptors (Lipinski definition) is 4. The minimum Gasteiger partial charge on any atom is -0.480 e. The fourth-order valence-corrected chi connectivity index (χ4v) is 3.86. The van der Waals surface area contributed by atoms with Gasteiger partial charge in [-0.25, -0.2) is 4.79 Å². The summed E-state index contributed by atoms with van der Waals surface area (Å²) in [6, 6.07) is 20.7. The van der Waals surface area contributed by atoms with Crippen LogP contribution >= 0.6 is 0 Å². The van der Waals surface area contributed by atoms with E-state index in [9.17, 15) is 19.5 Å². The number of benzene rings is 2. The Morgan fingerprint density at radius 3 is 2.11 bits per heavy atom. The van der Waals surface area contributed by atoms with Gasteiger partial charge in [-0.3, -0.25) is 9.59 Å². The molecular weight excluding hydrogens is 442 g/mol. The Morgan fingerprint density at radius 1 is 0.971 bits per heavy atom. The number of hydrogen-bond donors (Lipinski definition) is 3. The molecule has 0 fully saturated rings. The lowest BCUT2D eigenvalue weighted by Gasteiger charge is -2.22. The summed E-state index contributed by atoms with van der Waals surface area (Å²) in [6.07, 6.45) is 4.36. The van der Waals surface area contributed by atoms with Crippen molar-refractivity contribution in [3.05, 3.63) is 118 Å². The van der Waals surface area contributed by atoms with Gasteiger partial charge in [0.25, 0.3) is 11.5 Å². The molecule has 3 rings (SSSR count). The highest BCUT2D eigenvalue weighted by molar-refractivity contribution is 5.96. The molecular formula is C28H31N3O4. The number of nitrogens with zero attached hydrogens (tertiary/aromatic N) is 1. The number of carboxylic acids is 1. The van der Waals surface area contributed by atoms with Gasteiger partial charge in [0.05, 0.1) is 6.04 Å². The highest BCUT2D eigenvalue weighted by Gasteiger charge is 2.24. The van der Waals surface area contributed by atoms with Crippen LogP contribution in [0.4, 0.5) is 0 Å². The zero-order valence-corrected chi connectivity index (χ0v) is 20.0. The summed E-state index contributed by atoms with van der Waals surface area (Å²) in [5.41, 5.74) is 2.20. The van der Waals surface area contributed by atoms with E-state index in [2.05, 4.69) is 10.6 Å². The monoisotopic (exact) mass is 473 g/mol. The molecule has 0 unspecified atom stereocenters. The molecule has 0 radical (unpaired) electrons. The Bertz CT molecular complexity index is 1180. The van der Waals surface area contributed by atoms with Gasteiger partial charge in [-0.05, 0) is 49.9 Å². The maximum absolute atomic E-state index is 13.5. The molecule has 0 aliphatic heterocycles. The molecule has 0 bridgehead atoms. The second-order valence-corrected chi connectivity index (χ2v) is 8.26. The van der Waals surface area contributed by atoms with Crippen LogP contribution in [0, 0.1) is 0 Å². The molecule has 182 valence electrons. The molecule has 3 aromatic rings. The standard InChI is InChI=1S/C28H31N3O4/c1-3-20(2)29-18-10-17-24(28(34)35)30-26(32)23-16-11-19-31(27(23)33)25(21-12-6-4-7-13-21)22-14-8-5-9-15-22/h3-9,11-16,19,24-25,29H,10,17-18H2,1-2H3,(H,30,32)(H,34,35)/b20-3+/t24-/m0/s1. The summed E-state index contributed by atoms with van der Waals surface area (Å²) >= 11 is 0. The Hall–Kier alpha value is -4.13. The van der Waals surface area contributed by atoms with Crippen LogP contribution in [0.25, 0.3) is 0 Å². The van der Waals surface area contributed by atoms with Gasteiger partial charge in [0.1, 0.15) is 11.6 Å². The molecule has 0 aliphatic carbocycles. The van der Waals surface area contributed by atoms with Crippen molar-refractivity contribution in [1.82, 2.24) is 15.2 Å². The van der Waals surface area contributed by atoms with E-state index >= 15 is 0 Å². The van der Waals surface area contributed by atoms with E-state index < -0.39 is 29.5 Å². The maximum Gasteiger partial charge on any atom is 0.326 e. The number of rotatable bonds is 11. The lowest BCUT2D eigenvalue weighted by molar-refractivity contribution is -0.139. The van der Waals surface area contributed by atoms with Gasteiger partial charge >= 0.3 is 5.97 Å². The Balaban J connectivity index is 1.86. The lowest BCUT2D eigenvalue weighted by Crippen LogP contribution is -2.43. The molecule has 1 aromatic heterocycles. The molecule has 0 saturated carbocycles. The van der Waals surface area contributed by atoms with Crippen molar-refractivity contribution in [2.45, 2.75) is 38.8 Å². The van der Waals surface area contributed by atoms with E-state index in [4.69, 9.17) is 0 Å². The van der Waals surface area contributed by atoms with Gasteiger partial charge in [0, 0.05) is 18.4 Å². The molecule has 0 spiro atoms. The number of carbonyl (C=O) groups is 2. The average molecular weight is 474 g/mol. The van der Waals surface area contributed by atoms with Crippen LogP contribution in [0.3, 0.4) is 0 Å². The predicted molar refractivity (Wildman–Crippen MR) is 136 cm³/mol. The van der Waals surface area contributed by atoms with E-state index in [0.29, 0.717) is 13.0 Å². The van der Waals surface area contributed by atoms with Crippen molar-refractivity contribution in [2.24, 2.45) is 0 Å². The van der Waals surface area contributed by atoms with Crippen molar-refractivity contribution in [2.75, 3.05) is 6.54 Å². The molecule has 1 amide bonds. The summed E-state index contributed by atoms with van der Waals surface area (Å²) in [4.78, 5) is 38.2. The lowest BCUT2D eigenvalue weighted by atomic mass is 9.98. The van der Waals surface area contributed by atoms with Crippen LogP contribution in [0.5, 0.6) is 0 Å². The van der Waals surface area contributed by atoms with Crippen molar-refractivity contribution >= 4 is 11.9 Å². The highest BCUT2D eigenvalue weighted by Crippen LogP contribution is 2.25. The Morgan fingerprint density at radius 2 is 1.57 bits per heavy atom. The van der Waals surface area contributed by atoms with E-state index in [1.54, 1.807) is 12.3 Å². The number of aliphatic carboxylic acids is 1. The minimum atomic E-state index is -1.14. The molecule has 35 heavy (non-hydrogen) atoms. The van der Waals surface area contributed by atoms with Crippen molar-refractivity contribution in [3.8, 4) is 0 Å². The normalized spacial score (nSPS) is 12.3. The molecule has 1 atom stereocenters. The first kappa shape index (κ1) is 25.5. The van der Waals surface area contributed by atoms with Crippen LogP contribution < -0.4 is 16.2 Å². The number of carbonyl (C=O) groups excluding carboxylic acids is 1. The average Bonchev–Trinajstić information content (AvgIpc) is 2.88. The Labute approximate surface area is 205 Å². The second-order valence-electron chi connectivity index (χ2n) is 8.26. The van der Waals surface area contributed by atoms with Gasteiger partial charge in [-0.15, -0.1) is 0 Å². The summed E-state index contributed by atoms with van der Waals surface area (Å²) in [5, 5.41) is 15.3. The van der Waals surface area contributed by atoms with Crippen LogP contribution in [-0.4, -0.2) is 34.1 Å². The molecule has 7 heteroatoms. The number of aromatic nitrogens is 1. The SMILES string of the molecule is C/C=C(\C)NCCC[C@H](NC(=O)c1cccn(C(c2ccccc2)c2ccccc2)c1=O)C(=O)O. The molecule has 2 aromatic carbocycles. The second kappa shape index (κ2) is 12.4. The van der Waals surface area contributed by atoms with Crippen molar-refractivity contribution < 1.29 is 14.7 Å². The molecule has 7 nitrogen and oxygen atoms in total. The quantitative estimate of drug-likeness (QED) is 0.366. The topological polar surface area (TPSA) is 100 Å². The molecule has 0 saturated heterocycles. The van der Waals surface area contributed by atoms with Gasteiger partial charge in [0.2, 0.25) is 0 Å². The Kier molecular flexibility index (Phi) is 9.01. The zero-order chi connectivity index (χ0) is 25.2. The summed E-state index contributed by atoms with van der Waals surface area (Å²) in [5.74, 6) is -1.84. The summed E-state index contributed by atoms with van der Waals surface area (Å²) < 4.78 is 1.51. The smallest absolute Gasteiger partial charge is 0.326 e.